The molecule has 0 unspecified atom stereocenters. The van der Waals surface area contributed by atoms with Crippen molar-refractivity contribution >= 4 is 39.1 Å². The monoisotopic (exact) mass is 353 g/mol. The number of aryl methyl sites for hydroxylation is 1. The average molecular weight is 355 g/mol. The Balaban J connectivity index is 1.90. The third-order valence-electron chi connectivity index (χ3n) is 2.51. The fourth-order valence-corrected chi connectivity index (χ4v) is 2.42. The van der Waals surface area contributed by atoms with Gasteiger partial charge in [0, 0.05) is 15.2 Å². The van der Waals surface area contributed by atoms with E-state index in [9.17, 15) is 4.79 Å². The van der Waals surface area contributed by atoms with Crippen LogP contribution in [0.4, 0.5) is 5.69 Å². The number of carbonyl (C=O) groups is 1. The molecule has 1 amide bonds. The Labute approximate surface area is 131 Å². The molecule has 2 rings (SSSR count). The molecule has 0 radical (unpaired) electrons. The molecular formula is C15H13BrClNO2. The summed E-state index contributed by atoms with van der Waals surface area (Å²) in [5, 5.41) is 3.42. The number of benzene rings is 2. The molecule has 0 fully saturated rings. The molecule has 0 aliphatic carbocycles. The summed E-state index contributed by atoms with van der Waals surface area (Å²) < 4.78 is 6.30. The van der Waals surface area contributed by atoms with Crippen molar-refractivity contribution < 1.29 is 9.53 Å². The van der Waals surface area contributed by atoms with Gasteiger partial charge in [0.15, 0.2) is 6.61 Å². The van der Waals surface area contributed by atoms with Gasteiger partial charge >= 0.3 is 0 Å². The number of hydrogen-bond acceptors (Lipinski definition) is 2. The van der Waals surface area contributed by atoms with Crippen LogP contribution in [0.15, 0.2) is 46.9 Å². The smallest absolute Gasteiger partial charge is 0.262 e. The minimum atomic E-state index is -0.211. The zero-order chi connectivity index (χ0) is 14.5. The number of anilines is 1. The molecule has 0 aromatic heterocycles. The Morgan fingerprint density at radius 3 is 2.60 bits per heavy atom. The van der Waals surface area contributed by atoms with Crippen molar-refractivity contribution in [3.8, 4) is 5.75 Å². The first kappa shape index (κ1) is 14.9. The minimum Gasteiger partial charge on any atom is -0.484 e. The van der Waals surface area contributed by atoms with Crippen LogP contribution in [0.5, 0.6) is 5.75 Å². The number of rotatable bonds is 4. The third kappa shape index (κ3) is 4.54. The lowest BCUT2D eigenvalue weighted by molar-refractivity contribution is -0.118. The summed E-state index contributed by atoms with van der Waals surface area (Å²) in [6.45, 7) is 1.91. The molecule has 0 atom stereocenters. The third-order valence-corrected chi connectivity index (χ3v) is 3.22. The number of hydrogen-bond donors (Lipinski definition) is 1. The standard InChI is InChI=1S/C15H13BrClNO2/c1-10-6-11(16)8-13(7-10)18-15(19)9-20-14-4-2-12(17)3-5-14/h2-8H,9H2,1H3,(H,18,19). The fraction of sp³-hybridized carbons (Fsp3) is 0.133. The van der Waals surface area contributed by atoms with Gasteiger partial charge < -0.3 is 10.1 Å². The van der Waals surface area contributed by atoms with E-state index in [4.69, 9.17) is 16.3 Å². The van der Waals surface area contributed by atoms with E-state index in [0.717, 1.165) is 15.7 Å². The first-order chi connectivity index (χ1) is 9.52. The number of halogens is 2. The normalized spacial score (nSPS) is 10.2. The quantitative estimate of drug-likeness (QED) is 0.882. The highest BCUT2D eigenvalue weighted by Crippen LogP contribution is 2.19. The zero-order valence-electron chi connectivity index (χ0n) is 10.8. The molecule has 0 bridgehead atoms. The fourth-order valence-electron chi connectivity index (χ4n) is 1.69. The molecule has 0 aliphatic rings. The summed E-state index contributed by atoms with van der Waals surface area (Å²) in [4.78, 5) is 11.8. The molecule has 0 aliphatic heterocycles. The van der Waals surface area contributed by atoms with Crippen LogP contribution in [0.25, 0.3) is 0 Å². The van der Waals surface area contributed by atoms with E-state index in [-0.39, 0.29) is 12.5 Å². The zero-order valence-corrected chi connectivity index (χ0v) is 13.2. The van der Waals surface area contributed by atoms with Gasteiger partial charge in [-0.05, 0) is 55.0 Å². The van der Waals surface area contributed by atoms with Crippen LogP contribution in [-0.4, -0.2) is 12.5 Å². The van der Waals surface area contributed by atoms with Crippen LogP contribution in [0.1, 0.15) is 5.56 Å². The molecule has 0 heterocycles. The SMILES string of the molecule is Cc1cc(Br)cc(NC(=O)COc2ccc(Cl)cc2)c1. The first-order valence-corrected chi connectivity index (χ1v) is 7.15. The molecule has 104 valence electrons. The van der Waals surface area contributed by atoms with Gasteiger partial charge in [0.1, 0.15) is 5.75 Å². The average Bonchev–Trinajstić information content (AvgIpc) is 2.37. The maximum absolute atomic E-state index is 11.8. The van der Waals surface area contributed by atoms with Crippen molar-refractivity contribution in [1.29, 1.82) is 0 Å². The topological polar surface area (TPSA) is 38.3 Å². The van der Waals surface area contributed by atoms with Gasteiger partial charge in [-0.15, -0.1) is 0 Å². The van der Waals surface area contributed by atoms with Crippen molar-refractivity contribution in [3.63, 3.8) is 0 Å². The molecule has 1 N–H and O–H groups in total. The molecular weight excluding hydrogens is 342 g/mol. The minimum absolute atomic E-state index is 0.0484. The number of nitrogens with one attached hydrogen (secondary N) is 1. The van der Waals surface area contributed by atoms with Crippen LogP contribution >= 0.6 is 27.5 Å². The lowest BCUT2D eigenvalue weighted by Crippen LogP contribution is -2.20. The van der Waals surface area contributed by atoms with E-state index in [1.807, 2.05) is 25.1 Å². The van der Waals surface area contributed by atoms with Gasteiger partial charge in [0.25, 0.3) is 5.91 Å². The van der Waals surface area contributed by atoms with Crippen molar-refractivity contribution in [1.82, 2.24) is 0 Å². The molecule has 2 aromatic carbocycles. The Morgan fingerprint density at radius 1 is 1.25 bits per heavy atom. The van der Waals surface area contributed by atoms with E-state index in [1.165, 1.54) is 0 Å². The molecule has 0 saturated heterocycles. The lowest BCUT2D eigenvalue weighted by atomic mass is 10.2. The molecule has 0 saturated carbocycles. The highest BCUT2D eigenvalue weighted by molar-refractivity contribution is 9.10. The van der Waals surface area contributed by atoms with Crippen molar-refractivity contribution in [2.45, 2.75) is 6.92 Å². The number of ether oxygens (including phenoxy) is 1. The van der Waals surface area contributed by atoms with Crippen molar-refractivity contribution in [2.75, 3.05) is 11.9 Å². The van der Waals surface area contributed by atoms with E-state index < -0.39 is 0 Å². The van der Waals surface area contributed by atoms with Crippen molar-refractivity contribution in [2.24, 2.45) is 0 Å². The van der Waals surface area contributed by atoms with E-state index >= 15 is 0 Å². The van der Waals surface area contributed by atoms with Gasteiger partial charge in [0.05, 0.1) is 0 Å². The van der Waals surface area contributed by atoms with Crippen LogP contribution in [-0.2, 0) is 4.79 Å². The summed E-state index contributed by atoms with van der Waals surface area (Å²) >= 11 is 9.16. The number of carbonyl (C=O) groups excluding carboxylic acids is 1. The van der Waals surface area contributed by atoms with E-state index in [2.05, 4.69) is 21.2 Å². The van der Waals surface area contributed by atoms with Crippen LogP contribution < -0.4 is 10.1 Å². The summed E-state index contributed by atoms with van der Waals surface area (Å²) in [6, 6.07) is 12.6. The van der Waals surface area contributed by atoms with E-state index in [1.54, 1.807) is 24.3 Å². The summed E-state index contributed by atoms with van der Waals surface area (Å²) in [6.07, 6.45) is 0. The van der Waals surface area contributed by atoms with E-state index in [0.29, 0.717) is 10.8 Å². The maximum atomic E-state index is 11.8. The first-order valence-electron chi connectivity index (χ1n) is 5.98. The predicted octanol–water partition coefficient (Wildman–Crippen LogP) is 4.43. The Morgan fingerprint density at radius 2 is 1.95 bits per heavy atom. The van der Waals surface area contributed by atoms with Gasteiger partial charge in [-0.1, -0.05) is 27.5 Å². The second kappa shape index (κ2) is 6.77. The Bertz CT molecular complexity index is 594. The molecule has 20 heavy (non-hydrogen) atoms. The summed E-state index contributed by atoms with van der Waals surface area (Å²) in [5.41, 5.74) is 1.80. The summed E-state index contributed by atoms with van der Waals surface area (Å²) in [5.74, 6) is 0.396. The highest BCUT2D eigenvalue weighted by Gasteiger charge is 2.05. The van der Waals surface area contributed by atoms with Gasteiger partial charge in [-0.3, -0.25) is 4.79 Å². The molecule has 5 heteroatoms. The highest BCUT2D eigenvalue weighted by atomic mass is 79.9. The molecule has 2 aromatic rings. The summed E-state index contributed by atoms with van der Waals surface area (Å²) in [7, 11) is 0. The van der Waals surface area contributed by atoms with Gasteiger partial charge in [0.2, 0.25) is 0 Å². The largest absolute Gasteiger partial charge is 0.484 e. The Kier molecular flexibility index (Phi) is 5.04. The predicted molar refractivity (Wildman–Crippen MR) is 84.5 cm³/mol. The van der Waals surface area contributed by atoms with Gasteiger partial charge in [-0.25, -0.2) is 0 Å². The molecule has 0 spiro atoms. The maximum Gasteiger partial charge on any atom is 0.262 e. The van der Waals surface area contributed by atoms with Gasteiger partial charge in [-0.2, -0.15) is 0 Å². The Hall–Kier alpha value is -1.52. The second-order valence-electron chi connectivity index (χ2n) is 4.31. The number of amides is 1. The second-order valence-corrected chi connectivity index (χ2v) is 5.66. The lowest BCUT2D eigenvalue weighted by Gasteiger charge is -2.08. The van der Waals surface area contributed by atoms with Crippen molar-refractivity contribution in [3.05, 3.63) is 57.5 Å². The van der Waals surface area contributed by atoms with Crippen LogP contribution in [0, 0.1) is 6.92 Å². The molecule has 3 nitrogen and oxygen atoms in total. The van der Waals surface area contributed by atoms with Crippen LogP contribution in [0.3, 0.4) is 0 Å². The van der Waals surface area contributed by atoms with Crippen LogP contribution in [0.2, 0.25) is 5.02 Å².